The fraction of sp³-hybridized carbons (Fsp3) is 0.500. The van der Waals surface area contributed by atoms with Gasteiger partial charge in [-0.1, -0.05) is 15.9 Å². The largest absolute Gasteiger partial charge is 0.314 e. The monoisotopic (exact) mass is 322 g/mol. The van der Waals surface area contributed by atoms with Gasteiger partial charge in [0, 0.05) is 56.1 Å². The van der Waals surface area contributed by atoms with Gasteiger partial charge < -0.3 is 10.2 Å². The molecule has 1 fully saturated rings. The van der Waals surface area contributed by atoms with Gasteiger partial charge in [0.1, 0.15) is 0 Å². The second kappa shape index (κ2) is 5.61. The molecule has 2 heterocycles. The number of nitrogens with one attached hydrogen (secondary N) is 1. The quantitative estimate of drug-likeness (QED) is 0.935. The Labute approximate surface area is 121 Å². The lowest BCUT2D eigenvalue weighted by Gasteiger charge is -2.26. The second-order valence-corrected chi connectivity index (χ2v) is 5.99. The maximum atomic E-state index is 4.67. The fourth-order valence-electron chi connectivity index (χ4n) is 2.69. The van der Waals surface area contributed by atoms with Crippen molar-refractivity contribution in [2.45, 2.75) is 6.42 Å². The number of piperazine rings is 1. The third-order valence-electron chi connectivity index (χ3n) is 3.76. The van der Waals surface area contributed by atoms with Crippen molar-refractivity contribution in [2.75, 3.05) is 32.7 Å². The zero-order valence-electron chi connectivity index (χ0n) is 11.2. The molecular weight excluding hydrogens is 304 g/mol. The first-order chi connectivity index (χ1) is 9.24. The third kappa shape index (κ3) is 2.83. The molecule has 102 valence electrons. The first-order valence-corrected chi connectivity index (χ1v) is 7.57. The molecule has 0 amide bonds. The van der Waals surface area contributed by atoms with Gasteiger partial charge in [-0.3, -0.25) is 4.68 Å². The van der Waals surface area contributed by atoms with E-state index < -0.39 is 0 Å². The number of hydrogen-bond donors (Lipinski definition) is 1. The van der Waals surface area contributed by atoms with E-state index in [0.29, 0.717) is 0 Å². The van der Waals surface area contributed by atoms with Gasteiger partial charge in [0.25, 0.3) is 0 Å². The number of aromatic nitrogens is 2. The minimum absolute atomic E-state index is 1.03. The summed E-state index contributed by atoms with van der Waals surface area (Å²) in [5.41, 5.74) is 2.41. The highest BCUT2D eigenvalue weighted by molar-refractivity contribution is 9.10. The van der Waals surface area contributed by atoms with Gasteiger partial charge >= 0.3 is 0 Å². The van der Waals surface area contributed by atoms with Crippen LogP contribution in [0.4, 0.5) is 0 Å². The van der Waals surface area contributed by atoms with Crippen LogP contribution in [-0.4, -0.2) is 47.4 Å². The molecule has 1 saturated heterocycles. The summed E-state index contributed by atoms with van der Waals surface area (Å²) in [7, 11) is 2.02. The van der Waals surface area contributed by atoms with Crippen LogP contribution < -0.4 is 5.32 Å². The average molecular weight is 323 g/mol. The fourth-order valence-corrected chi connectivity index (χ4v) is 3.04. The summed E-state index contributed by atoms with van der Waals surface area (Å²) < 4.78 is 3.09. The number of aryl methyl sites for hydroxylation is 1. The van der Waals surface area contributed by atoms with Crippen LogP contribution in [0.2, 0.25) is 0 Å². The molecule has 4 nitrogen and oxygen atoms in total. The van der Waals surface area contributed by atoms with E-state index in [4.69, 9.17) is 0 Å². The number of rotatable bonds is 3. The van der Waals surface area contributed by atoms with E-state index in [9.17, 15) is 0 Å². The average Bonchev–Trinajstić information content (AvgIpc) is 2.74. The lowest BCUT2D eigenvalue weighted by atomic mass is 10.1. The van der Waals surface area contributed by atoms with Crippen molar-refractivity contribution in [3.05, 3.63) is 28.4 Å². The third-order valence-corrected chi connectivity index (χ3v) is 4.26. The molecule has 0 bridgehead atoms. The van der Waals surface area contributed by atoms with Crippen LogP contribution in [-0.2, 0) is 13.5 Å². The van der Waals surface area contributed by atoms with Crippen LogP contribution in [0.3, 0.4) is 0 Å². The second-order valence-electron chi connectivity index (χ2n) is 5.07. The standard InChI is InChI=1S/C14H19BrN4/c1-18-14-10-11(15)2-3-12(14)13(17-18)4-7-19-8-5-16-6-9-19/h2-3,10,16H,4-9H2,1H3. The van der Waals surface area contributed by atoms with Crippen LogP contribution in [0.15, 0.2) is 22.7 Å². The summed E-state index contributed by atoms with van der Waals surface area (Å²) in [6.07, 6.45) is 1.03. The summed E-state index contributed by atoms with van der Waals surface area (Å²) in [5.74, 6) is 0. The van der Waals surface area contributed by atoms with Crippen LogP contribution in [0.1, 0.15) is 5.69 Å². The highest BCUT2D eigenvalue weighted by atomic mass is 79.9. The van der Waals surface area contributed by atoms with Gasteiger partial charge in [-0.2, -0.15) is 5.10 Å². The van der Waals surface area contributed by atoms with Gasteiger partial charge in [0.15, 0.2) is 0 Å². The van der Waals surface area contributed by atoms with Crippen molar-refractivity contribution in [1.29, 1.82) is 0 Å². The summed E-state index contributed by atoms with van der Waals surface area (Å²) in [6, 6.07) is 6.40. The van der Waals surface area contributed by atoms with Crippen molar-refractivity contribution in [3.63, 3.8) is 0 Å². The van der Waals surface area contributed by atoms with Crippen molar-refractivity contribution >= 4 is 26.8 Å². The number of nitrogens with zero attached hydrogens (tertiary/aromatic N) is 3. The van der Waals surface area contributed by atoms with Gasteiger partial charge in [0.05, 0.1) is 11.2 Å². The molecule has 1 aromatic carbocycles. The Morgan fingerprint density at radius 3 is 2.89 bits per heavy atom. The first kappa shape index (κ1) is 13.1. The van der Waals surface area contributed by atoms with E-state index in [1.807, 2.05) is 11.7 Å². The topological polar surface area (TPSA) is 33.1 Å². The maximum Gasteiger partial charge on any atom is 0.0716 e. The van der Waals surface area contributed by atoms with Gasteiger partial charge in [-0.05, 0) is 18.2 Å². The van der Waals surface area contributed by atoms with E-state index in [-0.39, 0.29) is 0 Å². The lowest BCUT2D eigenvalue weighted by Crippen LogP contribution is -2.44. The molecule has 0 unspecified atom stereocenters. The number of fused-ring (bicyclic) bond motifs is 1. The van der Waals surface area contributed by atoms with Crippen LogP contribution in [0, 0.1) is 0 Å². The molecule has 0 atom stereocenters. The minimum Gasteiger partial charge on any atom is -0.314 e. The first-order valence-electron chi connectivity index (χ1n) is 6.78. The Bertz CT molecular complexity index is 572. The SMILES string of the molecule is Cn1nc(CCN2CCNCC2)c2ccc(Br)cc21. The zero-order valence-corrected chi connectivity index (χ0v) is 12.8. The Balaban J connectivity index is 1.77. The van der Waals surface area contributed by atoms with Crippen molar-refractivity contribution in [2.24, 2.45) is 7.05 Å². The molecule has 0 radical (unpaired) electrons. The van der Waals surface area contributed by atoms with Crippen molar-refractivity contribution in [1.82, 2.24) is 20.0 Å². The lowest BCUT2D eigenvalue weighted by molar-refractivity contribution is 0.243. The van der Waals surface area contributed by atoms with E-state index in [2.05, 4.69) is 49.4 Å². The smallest absolute Gasteiger partial charge is 0.0716 e. The summed E-state index contributed by atoms with van der Waals surface area (Å²) in [6.45, 7) is 5.61. The van der Waals surface area contributed by atoms with Crippen LogP contribution in [0.5, 0.6) is 0 Å². The molecule has 0 spiro atoms. The molecule has 0 saturated carbocycles. The molecule has 0 aliphatic carbocycles. The molecular formula is C14H19BrN4. The summed E-state index contributed by atoms with van der Waals surface area (Å²) >= 11 is 3.52. The number of halogens is 1. The highest BCUT2D eigenvalue weighted by Gasteiger charge is 2.13. The van der Waals surface area contributed by atoms with Crippen LogP contribution >= 0.6 is 15.9 Å². The molecule has 2 aromatic rings. The Hall–Kier alpha value is -0.910. The minimum atomic E-state index is 1.03. The highest BCUT2D eigenvalue weighted by Crippen LogP contribution is 2.22. The Morgan fingerprint density at radius 2 is 2.11 bits per heavy atom. The maximum absolute atomic E-state index is 4.67. The van der Waals surface area contributed by atoms with E-state index in [1.165, 1.54) is 16.6 Å². The van der Waals surface area contributed by atoms with E-state index in [1.54, 1.807) is 0 Å². The predicted molar refractivity (Wildman–Crippen MR) is 81.4 cm³/mol. The van der Waals surface area contributed by atoms with Gasteiger partial charge in [-0.15, -0.1) is 0 Å². The number of benzene rings is 1. The van der Waals surface area contributed by atoms with Crippen molar-refractivity contribution < 1.29 is 0 Å². The molecule has 19 heavy (non-hydrogen) atoms. The van der Waals surface area contributed by atoms with Gasteiger partial charge in [0.2, 0.25) is 0 Å². The number of hydrogen-bond acceptors (Lipinski definition) is 3. The van der Waals surface area contributed by atoms with Crippen molar-refractivity contribution in [3.8, 4) is 0 Å². The molecule has 1 N–H and O–H groups in total. The normalized spacial score (nSPS) is 17.2. The van der Waals surface area contributed by atoms with Crippen LogP contribution in [0.25, 0.3) is 10.9 Å². The van der Waals surface area contributed by atoms with E-state index >= 15 is 0 Å². The predicted octanol–water partition coefficient (Wildman–Crippen LogP) is 1.78. The molecule has 1 aliphatic rings. The summed E-state index contributed by atoms with van der Waals surface area (Å²) in [5, 5.41) is 9.33. The molecule has 1 aliphatic heterocycles. The van der Waals surface area contributed by atoms with E-state index in [0.717, 1.165) is 43.6 Å². The summed E-state index contributed by atoms with van der Waals surface area (Å²) in [4.78, 5) is 2.51. The Kier molecular flexibility index (Phi) is 3.86. The molecule has 1 aromatic heterocycles. The zero-order chi connectivity index (χ0) is 13.2. The van der Waals surface area contributed by atoms with Gasteiger partial charge in [-0.25, -0.2) is 0 Å². The molecule has 5 heteroatoms. The molecule has 3 rings (SSSR count). The Morgan fingerprint density at radius 1 is 1.32 bits per heavy atom.